The highest BCUT2D eigenvalue weighted by Crippen LogP contribution is 2.30. The van der Waals surface area contributed by atoms with Gasteiger partial charge in [-0.25, -0.2) is 0 Å². The van der Waals surface area contributed by atoms with Crippen LogP contribution in [0.3, 0.4) is 0 Å². The van der Waals surface area contributed by atoms with E-state index >= 15 is 0 Å². The normalized spacial score (nSPS) is 35.7. The third-order valence-corrected chi connectivity index (χ3v) is 5.80. The zero-order valence-corrected chi connectivity index (χ0v) is 14.0. The van der Waals surface area contributed by atoms with E-state index in [1.165, 1.54) is 83.5 Å². The molecule has 2 rings (SSSR count). The Morgan fingerprint density at radius 1 is 0.650 bits per heavy atom. The van der Waals surface area contributed by atoms with E-state index in [2.05, 4.69) is 19.2 Å². The standard InChI is InChI=1S/C19H37N/c1-3-6-16-8-5-9-18(13-10-16)20-19-14-11-17(7-4-2)12-15-19/h16-20H,3-15H2,1-2H3. The van der Waals surface area contributed by atoms with Crippen molar-refractivity contribution >= 4 is 0 Å². The minimum atomic E-state index is 0.838. The van der Waals surface area contributed by atoms with Crippen molar-refractivity contribution in [3.8, 4) is 0 Å². The lowest BCUT2D eigenvalue weighted by molar-refractivity contribution is 0.255. The largest absolute Gasteiger partial charge is 0.311 e. The molecule has 0 bridgehead atoms. The highest BCUT2D eigenvalue weighted by molar-refractivity contribution is 4.82. The first-order chi connectivity index (χ1) is 9.81. The Hall–Kier alpha value is -0.0400. The van der Waals surface area contributed by atoms with E-state index in [4.69, 9.17) is 0 Å². The molecule has 0 aromatic heterocycles. The van der Waals surface area contributed by atoms with E-state index in [1.54, 1.807) is 0 Å². The van der Waals surface area contributed by atoms with Gasteiger partial charge in [-0.2, -0.15) is 0 Å². The molecule has 2 fully saturated rings. The molecule has 0 spiro atoms. The van der Waals surface area contributed by atoms with Crippen molar-refractivity contribution in [3.63, 3.8) is 0 Å². The van der Waals surface area contributed by atoms with Crippen molar-refractivity contribution < 1.29 is 0 Å². The van der Waals surface area contributed by atoms with Crippen molar-refractivity contribution in [3.05, 3.63) is 0 Å². The van der Waals surface area contributed by atoms with Gasteiger partial charge in [0.1, 0.15) is 0 Å². The van der Waals surface area contributed by atoms with Gasteiger partial charge < -0.3 is 5.32 Å². The summed E-state index contributed by atoms with van der Waals surface area (Å²) in [6.07, 6.45) is 18.9. The lowest BCUT2D eigenvalue weighted by Crippen LogP contribution is -2.40. The van der Waals surface area contributed by atoms with Gasteiger partial charge in [-0.3, -0.25) is 0 Å². The summed E-state index contributed by atoms with van der Waals surface area (Å²) in [5.41, 5.74) is 0. The van der Waals surface area contributed by atoms with Crippen LogP contribution in [0.25, 0.3) is 0 Å². The molecule has 1 nitrogen and oxygen atoms in total. The van der Waals surface area contributed by atoms with Crippen LogP contribution < -0.4 is 5.32 Å². The van der Waals surface area contributed by atoms with Crippen LogP contribution in [-0.2, 0) is 0 Å². The van der Waals surface area contributed by atoms with Gasteiger partial charge in [-0.15, -0.1) is 0 Å². The molecule has 0 aromatic rings. The maximum Gasteiger partial charge on any atom is 0.00698 e. The highest BCUT2D eigenvalue weighted by Gasteiger charge is 2.24. The SMILES string of the molecule is CCCC1CCCC(NC2CCC(CCC)CC2)CC1. The summed E-state index contributed by atoms with van der Waals surface area (Å²) in [4.78, 5) is 0. The van der Waals surface area contributed by atoms with Gasteiger partial charge >= 0.3 is 0 Å². The van der Waals surface area contributed by atoms with E-state index in [1.807, 2.05) is 0 Å². The fraction of sp³-hybridized carbons (Fsp3) is 1.00. The van der Waals surface area contributed by atoms with E-state index in [0.717, 1.165) is 23.9 Å². The minimum Gasteiger partial charge on any atom is -0.311 e. The number of rotatable bonds is 6. The molecular weight excluding hydrogens is 242 g/mol. The van der Waals surface area contributed by atoms with Gasteiger partial charge in [-0.05, 0) is 56.8 Å². The predicted molar refractivity (Wildman–Crippen MR) is 89.1 cm³/mol. The third kappa shape index (κ3) is 5.39. The summed E-state index contributed by atoms with van der Waals surface area (Å²) in [6, 6.07) is 1.68. The lowest BCUT2D eigenvalue weighted by atomic mass is 9.83. The average molecular weight is 280 g/mol. The summed E-state index contributed by atoms with van der Waals surface area (Å²) in [5.74, 6) is 2.08. The Bertz CT molecular complexity index is 242. The molecule has 2 aliphatic carbocycles. The monoisotopic (exact) mass is 279 g/mol. The van der Waals surface area contributed by atoms with Crippen LogP contribution in [0.5, 0.6) is 0 Å². The smallest absolute Gasteiger partial charge is 0.00698 e. The Morgan fingerprint density at radius 2 is 1.15 bits per heavy atom. The Kier molecular flexibility index (Phi) is 7.41. The molecule has 0 saturated heterocycles. The quantitative estimate of drug-likeness (QED) is 0.616. The summed E-state index contributed by atoms with van der Waals surface area (Å²) in [6.45, 7) is 4.68. The topological polar surface area (TPSA) is 12.0 Å². The van der Waals surface area contributed by atoms with Crippen molar-refractivity contribution in [2.24, 2.45) is 11.8 Å². The summed E-state index contributed by atoms with van der Waals surface area (Å²) in [7, 11) is 0. The summed E-state index contributed by atoms with van der Waals surface area (Å²) in [5, 5.41) is 4.02. The number of hydrogen-bond acceptors (Lipinski definition) is 1. The van der Waals surface area contributed by atoms with Crippen LogP contribution >= 0.6 is 0 Å². The number of nitrogens with one attached hydrogen (secondary N) is 1. The van der Waals surface area contributed by atoms with Crippen LogP contribution in [0.15, 0.2) is 0 Å². The first kappa shape index (κ1) is 16.3. The predicted octanol–water partition coefficient (Wildman–Crippen LogP) is 5.68. The van der Waals surface area contributed by atoms with Crippen molar-refractivity contribution in [1.29, 1.82) is 0 Å². The molecule has 2 aliphatic rings. The van der Waals surface area contributed by atoms with Crippen molar-refractivity contribution in [2.45, 2.75) is 109 Å². The maximum absolute atomic E-state index is 4.02. The fourth-order valence-corrected chi connectivity index (χ4v) is 4.60. The zero-order valence-electron chi connectivity index (χ0n) is 14.0. The molecule has 0 aromatic carbocycles. The molecule has 1 N–H and O–H groups in total. The van der Waals surface area contributed by atoms with E-state index in [-0.39, 0.29) is 0 Å². The maximum atomic E-state index is 4.02. The Morgan fingerprint density at radius 3 is 1.70 bits per heavy atom. The fourth-order valence-electron chi connectivity index (χ4n) is 4.60. The van der Waals surface area contributed by atoms with Crippen LogP contribution in [0.1, 0.15) is 97.3 Å². The van der Waals surface area contributed by atoms with Crippen LogP contribution in [-0.4, -0.2) is 12.1 Å². The molecule has 2 atom stereocenters. The minimum absolute atomic E-state index is 0.838. The van der Waals surface area contributed by atoms with Crippen molar-refractivity contribution in [2.75, 3.05) is 0 Å². The Balaban J connectivity index is 1.66. The molecule has 2 unspecified atom stereocenters. The summed E-state index contributed by atoms with van der Waals surface area (Å²) >= 11 is 0. The van der Waals surface area contributed by atoms with E-state index in [9.17, 15) is 0 Å². The average Bonchev–Trinajstić information content (AvgIpc) is 2.68. The van der Waals surface area contributed by atoms with Gasteiger partial charge in [0.25, 0.3) is 0 Å². The van der Waals surface area contributed by atoms with Crippen LogP contribution in [0.2, 0.25) is 0 Å². The van der Waals surface area contributed by atoms with Gasteiger partial charge in [0.05, 0.1) is 0 Å². The zero-order chi connectivity index (χ0) is 14.2. The van der Waals surface area contributed by atoms with Gasteiger partial charge in [-0.1, -0.05) is 52.4 Å². The Labute approximate surface area is 127 Å². The molecule has 1 heteroatoms. The molecule has 0 heterocycles. The lowest BCUT2D eigenvalue weighted by Gasteiger charge is -2.32. The second-order valence-corrected chi connectivity index (χ2v) is 7.53. The molecule has 20 heavy (non-hydrogen) atoms. The molecule has 0 radical (unpaired) electrons. The van der Waals surface area contributed by atoms with Crippen molar-refractivity contribution in [1.82, 2.24) is 5.32 Å². The molecule has 118 valence electrons. The second kappa shape index (κ2) is 9.07. The first-order valence-corrected chi connectivity index (χ1v) is 9.57. The molecular formula is C19H37N. The first-order valence-electron chi connectivity index (χ1n) is 9.57. The molecule has 2 saturated carbocycles. The van der Waals surface area contributed by atoms with Crippen LogP contribution in [0.4, 0.5) is 0 Å². The van der Waals surface area contributed by atoms with Gasteiger partial charge in [0.15, 0.2) is 0 Å². The highest BCUT2D eigenvalue weighted by atomic mass is 14.9. The summed E-state index contributed by atoms with van der Waals surface area (Å²) < 4.78 is 0. The van der Waals surface area contributed by atoms with E-state index in [0.29, 0.717) is 0 Å². The molecule has 0 amide bonds. The molecule has 0 aliphatic heterocycles. The second-order valence-electron chi connectivity index (χ2n) is 7.53. The van der Waals surface area contributed by atoms with Crippen LogP contribution in [0, 0.1) is 11.8 Å². The van der Waals surface area contributed by atoms with Gasteiger partial charge in [0, 0.05) is 12.1 Å². The third-order valence-electron chi connectivity index (χ3n) is 5.80. The number of hydrogen-bond donors (Lipinski definition) is 1. The van der Waals surface area contributed by atoms with E-state index < -0.39 is 0 Å². The van der Waals surface area contributed by atoms with Gasteiger partial charge in [0.2, 0.25) is 0 Å².